The maximum Gasteiger partial charge on any atom is 0.264 e. The van der Waals surface area contributed by atoms with Gasteiger partial charge in [0.05, 0.1) is 10.6 Å². The molecule has 3 aromatic rings. The fraction of sp³-hybridized carbons (Fsp3) is 0.130. The number of amidine groups is 1. The van der Waals surface area contributed by atoms with Gasteiger partial charge in [0.25, 0.3) is 5.91 Å². The number of amides is 1. The maximum atomic E-state index is 12.4. The van der Waals surface area contributed by atoms with Crippen LogP contribution in [0.25, 0.3) is 16.8 Å². The number of aryl methyl sites for hydroxylation is 3. The van der Waals surface area contributed by atoms with Crippen molar-refractivity contribution < 1.29 is 4.79 Å². The van der Waals surface area contributed by atoms with Gasteiger partial charge in [-0.2, -0.15) is 0 Å². The molecule has 0 bridgehead atoms. The summed E-state index contributed by atoms with van der Waals surface area (Å²) in [6.07, 6.45) is 4.20. The predicted molar refractivity (Wildman–Crippen MR) is 113 cm³/mol. The van der Waals surface area contributed by atoms with Crippen molar-refractivity contribution in [3.8, 4) is 0 Å². The van der Waals surface area contributed by atoms with Crippen LogP contribution < -0.4 is 5.32 Å². The van der Waals surface area contributed by atoms with Crippen LogP contribution in [0.15, 0.2) is 64.5 Å². The van der Waals surface area contributed by atoms with E-state index in [9.17, 15) is 4.79 Å². The van der Waals surface area contributed by atoms with Crippen molar-refractivity contribution in [2.24, 2.45) is 4.99 Å². The summed E-state index contributed by atoms with van der Waals surface area (Å²) in [5.41, 5.74) is 5.94. The van der Waals surface area contributed by atoms with Crippen LogP contribution in [-0.2, 0) is 17.6 Å². The minimum Gasteiger partial charge on any atom is -0.300 e. The quantitative estimate of drug-likeness (QED) is 0.635. The Balaban J connectivity index is 1.51. The smallest absolute Gasteiger partial charge is 0.264 e. The number of nitrogens with zero attached hydrogens (tertiary/aromatic N) is 1. The van der Waals surface area contributed by atoms with Gasteiger partial charge in [-0.3, -0.25) is 4.79 Å². The molecule has 0 saturated carbocycles. The van der Waals surface area contributed by atoms with E-state index < -0.39 is 0 Å². The number of carbonyl (C=O) groups excluding carboxylic acids is 1. The molecule has 3 aromatic carbocycles. The summed E-state index contributed by atoms with van der Waals surface area (Å²) in [7, 11) is 0. The number of thioether (sulfide) groups is 1. The highest BCUT2D eigenvalue weighted by Crippen LogP contribution is 2.35. The summed E-state index contributed by atoms with van der Waals surface area (Å²) in [4.78, 5) is 17.7. The average molecular weight is 370 g/mol. The fourth-order valence-electron chi connectivity index (χ4n) is 3.75. The second-order valence-corrected chi connectivity index (χ2v) is 8.00. The van der Waals surface area contributed by atoms with E-state index in [1.807, 2.05) is 37.3 Å². The van der Waals surface area contributed by atoms with Gasteiger partial charge in [0.15, 0.2) is 5.17 Å². The highest BCUT2D eigenvalue weighted by atomic mass is 32.2. The molecule has 1 aliphatic heterocycles. The second kappa shape index (κ2) is 6.39. The molecule has 1 aliphatic carbocycles. The number of benzene rings is 3. The van der Waals surface area contributed by atoms with E-state index in [-0.39, 0.29) is 5.91 Å². The maximum absolute atomic E-state index is 12.4. The Kier molecular flexibility index (Phi) is 3.87. The topological polar surface area (TPSA) is 41.5 Å². The predicted octanol–water partition coefficient (Wildman–Crippen LogP) is 5.14. The van der Waals surface area contributed by atoms with Crippen LogP contribution in [0.3, 0.4) is 0 Å². The molecule has 0 radical (unpaired) electrons. The molecule has 132 valence electrons. The standard InChI is InChI=1S/C23H18N2OS/c1-14-5-11-18(12-6-14)24-23-25-22(26)20(27-23)13-17-10-9-16-8-7-15-3-2-4-19(17)21(15)16/h2-6,9-13H,7-8H2,1H3,(H,24,25,26)/b20-13-. The molecule has 0 atom stereocenters. The van der Waals surface area contributed by atoms with Crippen molar-refractivity contribution >= 4 is 45.4 Å². The van der Waals surface area contributed by atoms with Crippen molar-refractivity contribution in [2.75, 3.05) is 0 Å². The van der Waals surface area contributed by atoms with E-state index in [0.29, 0.717) is 10.1 Å². The van der Waals surface area contributed by atoms with Crippen molar-refractivity contribution in [1.29, 1.82) is 0 Å². The molecular formula is C23H18N2OS. The molecule has 4 heteroatoms. The summed E-state index contributed by atoms with van der Waals surface area (Å²) in [6, 6.07) is 18.8. The minimum atomic E-state index is -0.0888. The lowest BCUT2D eigenvalue weighted by Crippen LogP contribution is -2.19. The largest absolute Gasteiger partial charge is 0.300 e. The van der Waals surface area contributed by atoms with Gasteiger partial charge in [0, 0.05) is 0 Å². The second-order valence-electron chi connectivity index (χ2n) is 6.97. The Hall–Kier alpha value is -2.85. The zero-order valence-electron chi connectivity index (χ0n) is 15.0. The SMILES string of the molecule is Cc1ccc(N=C2NC(=O)/C(=C/c3ccc4c5c(cccc35)CC4)S2)cc1. The van der Waals surface area contributed by atoms with Crippen LogP contribution in [0, 0.1) is 6.92 Å². The van der Waals surface area contributed by atoms with E-state index in [4.69, 9.17) is 0 Å². The zero-order valence-corrected chi connectivity index (χ0v) is 15.8. The first kappa shape index (κ1) is 16.3. The van der Waals surface area contributed by atoms with Crippen LogP contribution in [0.1, 0.15) is 22.3 Å². The molecule has 1 fully saturated rings. The number of rotatable bonds is 2. The molecule has 27 heavy (non-hydrogen) atoms. The minimum absolute atomic E-state index is 0.0888. The van der Waals surface area contributed by atoms with Gasteiger partial charge < -0.3 is 5.32 Å². The molecule has 1 saturated heterocycles. The fourth-order valence-corrected chi connectivity index (χ4v) is 4.59. The van der Waals surface area contributed by atoms with Crippen molar-refractivity contribution in [3.63, 3.8) is 0 Å². The van der Waals surface area contributed by atoms with E-state index >= 15 is 0 Å². The summed E-state index contributed by atoms with van der Waals surface area (Å²) < 4.78 is 0. The molecule has 2 aliphatic rings. The summed E-state index contributed by atoms with van der Waals surface area (Å²) in [5, 5.41) is 6.10. The third-order valence-corrected chi connectivity index (χ3v) is 6.02. The third kappa shape index (κ3) is 2.96. The van der Waals surface area contributed by atoms with Gasteiger partial charge in [-0.25, -0.2) is 4.99 Å². The summed E-state index contributed by atoms with van der Waals surface area (Å²) >= 11 is 1.40. The molecule has 3 nitrogen and oxygen atoms in total. The highest BCUT2D eigenvalue weighted by Gasteiger charge is 2.24. The number of hydrogen-bond acceptors (Lipinski definition) is 3. The van der Waals surface area contributed by atoms with Crippen LogP contribution in [0.4, 0.5) is 5.69 Å². The van der Waals surface area contributed by atoms with Gasteiger partial charge in [0.2, 0.25) is 0 Å². The van der Waals surface area contributed by atoms with Crippen LogP contribution >= 0.6 is 11.8 Å². The normalized spacial score (nSPS) is 18.6. The number of carbonyl (C=O) groups is 1. The van der Waals surface area contributed by atoms with Crippen molar-refractivity contribution in [1.82, 2.24) is 5.32 Å². The molecule has 1 N–H and O–H groups in total. The van der Waals surface area contributed by atoms with Gasteiger partial charge in [0.1, 0.15) is 0 Å². The first-order chi connectivity index (χ1) is 13.2. The Morgan fingerprint density at radius 2 is 1.78 bits per heavy atom. The zero-order chi connectivity index (χ0) is 18.4. The molecule has 1 heterocycles. The lowest BCUT2D eigenvalue weighted by Gasteiger charge is -2.06. The molecular weight excluding hydrogens is 352 g/mol. The molecule has 5 rings (SSSR count). The monoisotopic (exact) mass is 370 g/mol. The Labute approximate surface area is 162 Å². The summed E-state index contributed by atoms with van der Waals surface area (Å²) in [5.74, 6) is -0.0888. The molecule has 0 unspecified atom stereocenters. The lowest BCUT2D eigenvalue weighted by molar-refractivity contribution is -0.115. The van der Waals surface area contributed by atoms with Crippen LogP contribution in [-0.4, -0.2) is 11.1 Å². The number of nitrogens with one attached hydrogen (secondary N) is 1. The van der Waals surface area contributed by atoms with Crippen molar-refractivity contribution in [2.45, 2.75) is 19.8 Å². The lowest BCUT2D eigenvalue weighted by atomic mass is 9.99. The van der Waals surface area contributed by atoms with Gasteiger partial charge in [-0.15, -0.1) is 0 Å². The Bertz CT molecular complexity index is 1130. The molecule has 0 aromatic heterocycles. The van der Waals surface area contributed by atoms with Gasteiger partial charge in [-0.1, -0.05) is 48.0 Å². The number of hydrogen-bond donors (Lipinski definition) is 1. The van der Waals surface area contributed by atoms with Crippen molar-refractivity contribution in [3.05, 3.63) is 81.8 Å². The highest BCUT2D eigenvalue weighted by molar-refractivity contribution is 8.18. The van der Waals surface area contributed by atoms with Gasteiger partial charge in [-0.05, 0) is 77.2 Å². The molecule has 0 spiro atoms. The van der Waals surface area contributed by atoms with Crippen LogP contribution in [0.2, 0.25) is 0 Å². The Morgan fingerprint density at radius 1 is 1.00 bits per heavy atom. The first-order valence-corrected chi connectivity index (χ1v) is 9.89. The van der Waals surface area contributed by atoms with E-state index in [0.717, 1.165) is 24.1 Å². The van der Waals surface area contributed by atoms with Gasteiger partial charge >= 0.3 is 0 Å². The van der Waals surface area contributed by atoms with Crippen LogP contribution in [0.5, 0.6) is 0 Å². The van der Waals surface area contributed by atoms with E-state index in [1.54, 1.807) is 0 Å². The third-order valence-electron chi connectivity index (χ3n) is 5.11. The van der Waals surface area contributed by atoms with E-state index in [2.05, 4.69) is 40.6 Å². The number of aliphatic imine (C=N–C) groups is 1. The summed E-state index contributed by atoms with van der Waals surface area (Å²) in [6.45, 7) is 2.04. The Morgan fingerprint density at radius 3 is 2.59 bits per heavy atom. The van der Waals surface area contributed by atoms with E-state index in [1.165, 1.54) is 39.2 Å². The average Bonchev–Trinajstić information content (AvgIpc) is 3.24. The first-order valence-electron chi connectivity index (χ1n) is 9.07. The molecule has 1 amide bonds.